The highest BCUT2D eigenvalue weighted by Gasteiger charge is 2.28. The molecule has 2 N–H and O–H groups in total. The van der Waals surface area contributed by atoms with Crippen molar-refractivity contribution in [2.75, 3.05) is 0 Å². The molecule has 2 rings (SSSR count). The van der Waals surface area contributed by atoms with Crippen molar-refractivity contribution in [3.63, 3.8) is 0 Å². The minimum atomic E-state index is 0.200. The number of hydrogen-bond acceptors (Lipinski definition) is 4. The SMILES string of the molecule is CC(NC1CCC1C)c1nn[nH]n1. The molecule has 5 nitrogen and oxygen atoms in total. The number of rotatable bonds is 3. The average Bonchev–Trinajstić information content (AvgIpc) is 2.64. The van der Waals surface area contributed by atoms with Gasteiger partial charge in [0.2, 0.25) is 0 Å². The summed E-state index contributed by atoms with van der Waals surface area (Å²) in [4.78, 5) is 0. The summed E-state index contributed by atoms with van der Waals surface area (Å²) in [6.45, 7) is 4.33. The summed E-state index contributed by atoms with van der Waals surface area (Å²) < 4.78 is 0. The van der Waals surface area contributed by atoms with Gasteiger partial charge in [0.15, 0.2) is 5.82 Å². The predicted octanol–water partition coefficient (Wildman–Crippen LogP) is 0.649. The van der Waals surface area contributed by atoms with E-state index in [4.69, 9.17) is 0 Å². The molecule has 0 spiro atoms. The summed E-state index contributed by atoms with van der Waals surface area (Å²) in [6.07, 6.45) is 2.60. The molecule has 3 atom stereocenters. The first-order valence-electron chi connectivity index (χ1n) is 4.76. The molecule has 1 fully saturated rings. The third-order valence-electron chi connectivity index (χ3n) is 2.83. The average molecular weight is 181 g/mol. The van der Waals surface area contributed by atoms with Crippen LogP contribution in [0.25, 0.3) is 0 Å². The van der Waals surface area contributed by atoms with Crippen molar-refractivity contribution >= 4 is 0 Å². The molecule has 13 heavy (non-hydrogen) atoms. The highest BCUT2D eigenvalue weighted by molar-refractivity contribution is 4.92. The molecule has 72 valence electrons. The first kappa shape index (κ1) is 8.62. The molecule has 0 saturated heterocycles. The van der Waals surface area contributed by atoms with Crippen LogP contribution in [0.4, 0.5) is 0 Å². The van der Waals surface area contributed by atoms with E-state index in [9.17, 15) is 0 Å². The van der Waals surface area contributed by atoms with Crippen LogP contribution in [-0.4, -0.2) is 26.7 Å². The molecule has 0 amide bonds. The Morgan fingerprint density at radius 3 is 2.85 bits per heavy atom. The summed E-state index contributed by atoms with van der Waals surface area (Å²) in [5.74, 6) is 1.54. The van der Waals surface area contributed by atoms with E-state index in [0.717, 1.165) is 11.7 Å². The molecule has 1 heterocycles. The maximum atomic E-state index is 3.94. The number of nitrogens with zero attached hydrogens (tertiary/aromatic N) is 3. The number of hydrogen-bond donors (Lipinski definition) is 2. The summed E-state index contributed by atoms with van der Waals surface area (Å²) in [5, 5.41) is 17.4. The second-order valence-electron chi connectivity index (χ2n) is 3.82. The van der Waals surface area contributed by atoms with Crippen molar-refractivity contribution < 1.29 is 0 Å². The Morgan fingerprint density at radius 1 is 1.54 bits per heavy atom. The molecule has 0 bridgehead atoms. The zero-order chi connectivity index (χ0) is 9.26. The lowest BCUT2D eigenvalue weighted by molar-refractivity contribution is 0.211. The third-order valence-corrected chi connectivity index (χ3v) is 2.83. The van der Waals surface area contributed by atoms with E-state index in [1.54, 1.807) is 0 Å². The van der Waals surface area contributed by atoms with Crippen LogP contribution in [0.5, 0.6) is 0 Å². The van der Waals surface area contributed by atoms with Crippen LogP contribution in [-0.2, 0) is 0 Å². The van der Waals surface area contributed by atoms with Gasteiger partial charge < -0.3 is 5.32 Å². The van der Waals surface area contributed by atoms with Gasteiger partial charge in [-0.25, -0.2) is 0 Å². The first-order chi connectivity index (χ1) is 6.27. The number of aromatic amines is 1. The Labute approximate surface area is 77.3 Å². The lowest BCUT2D eigenvalue weighted by Crippen LogP contribution is -2.43. The van der Waals surface area contributed by atoms with Gasteiger partial charge in [-0.1, -0.05) is 12.1 Å². The first-order valence-corrected chi connectivity index (χ1v) is 4.76. The van der Waals surface area contributed by atoms with Gasteiger partial charge in [0, 0.05) is 6.04 Å². The zero-order valence-electron chi connectivity index (χ0n) is 7.99. The molecule has 1 aromatic heterocycles. The van der Waals surface area contributed by atoms with Crippen molar-refractivity contribution in [1.82, 2.24) is 25.9 Å². The largest absolute Gasteiger partial charge is 0.304 e. The summed E-state index contributed by atoms with van der Waals surface area (Å²) >= 11 is 0. The molecule has 0 aromatic carbocycles. The molecular formula is C8H15N5. The molecule has 3 unspecified atom stereocenters. The molecule has 0 aliphatic heterocycles. The monoisotopic (exact) mass is 181 g/mol. The standard InChI is InChI=1S/C8H15N5/c1-5-3-4-7(5)9-6(2)8-10-12-13-11-8/h5-7,9H,3-4H2,1-2H3,(H,10,11,12,13). The highest BCUT2D eigenvalue weighted by Crippen LogP contribution is 2.28. The van der Waals surface area contributed by atoms with Crippen molar-refractivity contribution in [2.45, 2.75) is 38.8 Å². The summed E-state index contributed by atoms with van der Waals surface area (Å²) in [5.41, 5.74) is 0. The Morgan fingerprint density at radius 2 is 2.38 bits per heavy atom. The highest BCUT2D eigenvalue weighted by atomic mass is 15.5. The number of nitrogens with one attached hydrogen (secondary N) is 2. The topological polar surface area (TPSA) is 66.5 Å². The van der Waals surface area contributed by atoms with Crippen molar-refractivity contribution in [2.24, 2.45) is 5.92 Å². The molecule has 1 aliphatic carbocycles. The maximum absolute atomic E-state index is 3.94. The summed E-state index contributed by atoms with van der Waals surface area (Å²) in [6, 6.07) is 0.833. The number of H-pyrrole nitrogens is 1. The van der Waals surface area contributed by atoms with Crippen LogP contribution in [0.3, 0.4) is 0 Å². The quantitative estimate of drug-likeness (QED) is 0.718. The van der Waals surface area contributed by atoms with E-state index in [1.807, 2.05) is 0 Å². The second-order valence-corrected chi connectivity index (χ2v) is 3.82. The van der Waals surface area contributed by atoms with Crippen molar-refractivity contribution in [3.8, 4) is 0 Å². The maximum Gasteiger partial charge on any atom is 0.191 e. The number of tetrazole rings is 1. The third kappa shape index (κ3) is 1.70. The van der Waals surface area contributed by atoms with E-state index in [0.29, 0.717) is 6.04 Å². The Hall–Kier alpha value is -0.970. The Kier molecular flexibility index (Phi) is 2.26. The van der Waals surface area contributed by atoms with E-state index in [2.05, 4.69) is 39.8 Å². The van der Waals surface area contributed by atoms with Gasteiger partial charge in [-0.05, 0) is 25.7 Å². The zero-order valence-corrected chi connectivity index (χ0v) is 7.99. The molecular weight excluding hydrogens is 166 g/mol. The summed E-state index contributed by atoms with van der Waals surface area (Å²) in [7, 11) is 0. The fraction of sp³-hybridized carbons (Fsp3) is 0.875. The predicted molar refractivity (Wildman–Crippen MR) is 47.9 cm³/mol. The van der Waals surface area contributed by atoms with Crippen LogP contribution >= 0.6 is 0 Å². The lowest BCUT2D eigenvalue weighted by Gasteiger charge is -2.36. The van der Waals surface area contributed by atoms with Gasteiger partial charge in [0.05, 0.1) is 6.04 Å². The van der Waals surface area contributed by atoms with Crippen LogP contribution in [0.15, 0.2) is 0 Å². The van der Waals surface area contributed by atoms with Crippen LogP contribution in [0.2, 0.25) is 0 Å². The minimum Gasteiger partial charge on any atom is -0.304 e. The molecule has 1 aliphatic rings. The van der Waals surface area contributed by atoms with Crippen LogP contribution < -0.4 is 5.32 Å². The molecule has 5 heteroatoms. The van der Waals surface area contributed by atoms with E-state index >= 15 is 0 Å². The fourth-order valence-corrected chi connectivity index (χ4v) is 1.66. The van der Waals surface area contributed by atoms with Crippen LogP contribution in [0.1, 0.15) is 38.6 Å². The number of aromatic nitrogens is 4. The van der Waals surface area contributed by atoms with E-state index < -0.39 is 0 Å². The second kappa shape index (κ2) is 3.41. The van der Waals surface area contributed by atoms with Crippen molar-refractivity contribution in [3.05, 3.63) is 5.82 Å². The van der Waals surface area contributed by atoms with Gasteiger partial charge in [0.25, 0.3) is 0 Å². The van der Waals surface area contributed by atoms with Gasteiger partial charge in [-0.2, -0.15) is 5.21 Å². The minimum absolute atomic E-state index is 0.200. The van der Waals surface area contributed by atoms with Gasteiger partial charge >= 0.3 is 0 Å². The Balaban J connectivity index is 1.88. The van der Waals surface area contributed by atoms with Gasteiger partial charge in [-0.3, -0.25) is 0 Å². The van der Waals surface area contributed by atoms with Crippen molar-refractivity contribution in [1.29, 1.82) is 0 Å². The molecule has 1 saturated carbocycles. The Bertz CT molecular complexity index is 258. The van der Waals surface area contributed by atoms with E-state index in [-0.39, 0.29) is 6.04 Å². The normalized spacial score (nSPS) is 29.7. The van der Waals surface area contributed by atoms with Gasteiger partial charge in [0.1, 0.15) is 0 Å². The smallest absolute Gasteiger partial charge is 0.191 e. The molecule has 0 radical (unpaired) electrons. The molecule has 1 aromatic rings. The van der Waals surface area contributed by atoms with E-state index in [1.165, 1.54) is 12.8 Å². The lowest BCUT2D eigenvalue weighted by atomic mass is 9.81. The van der Waals surface area contributed by atoms with Crippen LogP contribution in [0, 0.1) is 5.92 Å². The van der Waals surface area contributed by atoms with Gasteiger partial charge in [-0.15, -0.1) is 10.2 Å². The fourth-order valence-electron chi connectivity index (χ4n) is 1.66.